The fourth-order valence-electron chi connectivity index (χ4n) is 3.53. The highest BCUT2D eigenvalue weighted by molar-refractivity contribution is 5.92. The second-order valence-electron chi connectivity index (χ2n) is 7.50. The molecule has 1 amide bonds. The molecule has 0 unspecified atom stereocenters. The first-order valence-corrected chi connectivity index (χ1v) is 11.0. The summed E-state index contributed by atoms with van der Waals surface area (Å²) in [5, 5.41) is 6.21. The molecule has 1 N–H and O–H groups in total. The van der Waals surface area contributed by atoms with E-state index in [0.717, 1.165) is 16.3 Å². The first-order chi connectivity index (χ1) is 16.6. The summed E-state index contributed by atoms with van der Waals surface area (Å²) >= 11 is 0. The Morgan fingerprint density at radius 3 is 2.47 bits per heavy atom. The fourth-order valence-corrected chi connectivity index (χ4v) is 3.53. The maximum atomic E-state index is 12.4. The molecule has 0 saturated heterocycles. The molecule has 0 spiro atoms. The highest BCUT2D eigenvalue weighted by Gasteiger charge is 2.13. The van der Waals surface area contributed by atoms with Crippen LogP contribution in [0.15, 0.2) is 96.1 Å². The lowest BCUT2D eigenvalue weighted by Crippen LogP contribution is -2.19. The van der Waals surface area contributed by atoms with Crippen LogP contribution in [0.5, 0.6) is 11.5 Å². The number of hydrogen-bond acceptors (Lipinski definition) is 5. The molecule has 34 heavy (non-hydrogen) atoms. The van der Waals surface area contributed by atoms with E-state index >= 15 is 0 Å². The van der Waals surface area contributed by atoms with Crippen LogP contribution in [0.1, 0.15) is 28.4 Å². The van der Waals surface area contributed by atoms with Gasteiger partial charge in [0.15, 0.2) is 11.5 Å². The van der Waals surface area contributed by atoms with E-state index in [4.69, 9.17) is 9.47 Å². The Morgan fingerprint density at radius 1 is 0.882 bits per heavy atom. The van der Waals surface area contributed by atoms with Crippen molar-refractivity contribution in [1.29, 1.82) is 0 Å². The van der Waals surface area contributed by atoms with Crippen LogP contribution in [-0.4, -0.2) is 24.7 Å². The normalized spacial score (nSPS) is 10.9. The average molecular weight is 453 g/mol. The highest BCUT2D eigenvalue weighted by atomic mass is 16.6. The summed E-state index contributed by atoms with van der Waals surface area (Å²) in [5.41, 5.74) is 4.64. The number of rotatable bonds is 8. The molecule has 0 aliphatic carbocycles. The lowest BCUT2D eigenvalue weighted by atomic mass is 10.0. The molecule has 0 radical (unpaired) electrons. The van der Waals surface area contributed by atoms with Crippen LogP contribution in [-0.2, 0) is 11.2 Å². The van der Waals surface area contributed by atoms with E-state index in [-0.39, 0.29) is 12.3 Å². The van der Waals surface area contributed by atoms with Gasteiger partial charge in [-0.2, -0.15) is 5.10 Å². The number of carbonyl (C=O) groups excluding carboxylic acids is 2. The van der Waals surface area contributed by atoms with Crippen LogP contribution >= 0.6 is 0 Å². The lowest BCUT2D eigenvalue weighted by molar-refractivity contribution is -0.120. The summed E-state index contributed by atoms with van der Waals surface area (Å²) in [4.78, 5) is 24.8. The standard InChI is InChI=1S/C28H24N2O4/c1-2-33-26-17-20(15-16-25(26)34-28(32)22-10-4-3-5-11-22)19-29-30-27(31)18-23-13-8-12-21-9-6-7-14-24(21)23/h3-17,19H,2,18H2,1H3,(H,30,31)/b29-19+. The number of ether oxygens (including phenoxy) is 2. The fraction of sp³-hybridized carbons (Fsp3) is 0.107. The lowest BCUT2D eigenvalue weighted by Gasteiger charge is -2.11. The minimum Gasteiger partial charge on any atom is -0.490 e. The smallest absolute Gasteiger partial charge is 0.343 e. The molecule has 0 aliphatic rings. The molecular formula is C28H24N2O4. The largest absolute Gasteiger partial charge is 0.490 e. The van der Waals surface area contributed by atoms with Crippen molar-refractivity contribution >= 4 is 28.9 Å². The molecule has 0 aliphatic heterocycles. The Morgan fingerprint density at radius 2 is 1.65 bits per heavy atom. The number of hydrazone groups is 1. The van der Waals surface area contributed by atoms with Gasteiger partial charge in [-0.15, -0.1) is 0 Å². The monoisotopic (exact) mass is 452 g/mol. The summed E-state index contributed by atoms with van der Waals surface area (Å²) in [5.74, 6) is 0.0420. The quantitative estimate of drug-likeness (QED) is 0.174. The Labute approximate surface area is 197 Å². The Balaban J connectivity index is 1.41. The third-order valence-electron chi connectivity index (χ3n) is 5.11. The Kier molecular flexibility index (Phi) is 7.30. The van der Waals surface area contributed by atoms with Crippen molar-refractivity contribution in [2.75, 3.05) is 6.61 Å². The third-order valence-corrected chi connectivity index (χ3v) is 5.11. The number of benzene rings is 4. The SMILES string of the molecule is CCOc1cc(/C=N/NC(=O)Cc2cccc3ccccc23)ccc1OC(=O)c1ccccc1. The van der Waals surface area contributed by atoms with Gasteiger partial charge >= 0.3 is 5.97 Å². The van der Waals surface area contributed by atoms with Gasteiger partial charge in [0.25, 0.3) is 0 Å². The van der Waals surface area contributed by atoms with Crippen molar-refractivity contribution < 1.29 is 19.1 Å². The van der Waals surface area contributed by atoms with E-state index < -0.39 is 5.97 Å². The zero-order valence-electron chi connectivity index (χ0n) is 18.7. The molecule has 6 nitrogen and oxygen atoms in total. The molecule has 0 saturated carbocycles. The van der Waals surface area contributed by atoms with Gasteiger partial charge in [0.1, 0.15) is 0 Å². The summed E-state index contributed by atoms with van der Waals surface area (Å²) in [6.07, 6.45) is 1.74. The summed E-state index contributed by atoms with van der Waals surface area (Å²) < 4.78 is 11.1. The molecule has 4 rings (SSSR count). The summed E-state index contributed by atoms with van der Waals surface area (Å²) in [7, 11) is 0. The van der Waals surface area contributed by atoms with Crippen LogP contribution in [0.25, 0.3) is 10.8 Å². The topological polar surface area (TPSA) is 77.0 Å². The van der Waals surface area contributed by atoms with E-state index in [1.165, 1.54) is 6.21 Å². The van der Waals surface area contributed by atoms with Gasteiger partial charge in [-0.3, -0.25) is 4.79 Å². The van der Waals surface area contributed by atoms with Crippen LogP contribution in [0.2, 0.25) is 0 Å². The van der Waals surface area contributed by atoms with Crippen LogP contribution in [0.3, 0.4) is 0 Å². The zero-order chi connectivity index (χ0) is 23.8. The van der Waals surface area contributed by atoms with Crippen molar-refractivity contribution in [1.82, 2.24) is 5.43 Å². The Bertz CT molecular complexity index is 1330. The second kappa shape index (κ2) is 10.9. The minimum atomic E-state index is -0.469. The van der Waals surface area contributed by atoms with Gasteiger partial charge < -0.3 is 9.47 Å². The number of amides is 1. The molecule has 0 fully saturated rings. The van der Waals surface area contributed by atoms with Gasteiger partial charge in [0, 0.05) is 0 Å². The van der Waals surface area contributed by atoms with Crippen LogP contribution in [0.4, 0.5) is 0 Å². The van der Waals surface area contributed by atoms with E-state index in [1.807, 2.05) is 55.5 Å². The van der Waals surface area contributed by atoms with Gasteiger partial charge in [-0.25, -0.2) is 10.2 Å². The van der Waals surface area contributed by atoms with Crippen LogP contribution < -0.4 is 14.9 Å². The first kappa shape index (κ1) is 22.7. The van der Waals surface area contributed by atoms with Crippen molar-refractivity contribution in [3.63, 3.8) is 0 Å². The molecular weight excluding hydrogens is 428 g/mol. The van der Waals surface area contributed by atoms with Crippen molar-refractivity contribution in [3.8, 4) is 11.5 Å². The molecule has 4 aromatic rings. The zero-order valence-corrected chi connectivity index (χ0v) is 18.7. The first-order valence-electron chi connectivity index (χ1n) is 11.0. The average Bonchev–Trinajstić information content (AvgIpc) is 2.86. The molecule has 4 aromatic carbocycles. The highest BCUT2D eigenvalue weighted by Crippen LogP contribution is 2.29. The predicted octanol–water partition coefficient (Wildman–Crippen LogP) is 5.15. The van der Waals surface area contributed by atoms with Gasteiger partial charge in [-0.05, 0) is 59.2 Å². The van der Waals surface area contributed by atoms with Gasteiger partial charge in [0.05, 0.1) is 24.8 Å². The predicted molar refractivity (Wildman–Crippen MR) is 132 cm³/mol. The minimum absolute atomic E-state index is 0.217. The molecule has 0 heterocycles. The maximum Gasteiger partial charge on any atom is 0.343 e. The third kappa shape index (κ3) is 5.66. The van der Waals surface area contributed by atoms with Gasteiger partial charge in [-0.1, -0.05) is 60.7 Å². The molecule has 6 heteroatoms. The van der Waals surface area contributed by atoms with Gasteiger partial charge in [0.2, 0.25) is 5.91 Å². The van der Waals surface area contributed by atoms with Crippen molar-refractivity contribution in [3.05, 3.63) is 108 Å². The van der Waals surface area contributed by atoms with E-state index in [2.05, 4.69) is 10.5 Å². The summed E-state index contributed by atoms with van der Waals surface area (Å²) in [6, 6.07) is 27.7. The van der Waals surface area contributed by atoms with Crippen LogP contribution in [0, 0.1) is 0 Å². The number of nitrogens with zero attached hydrogens (tertiary/aromatic N) is 1. The number of carbonyl (C=O) groups is 2. The molecule has 170 valence electrons. The van der Waals surface area contributed by atoms with E-state index in [0.29, 0.717) is 29.2 Å². The molecule has 0 atom stereocenters. The van der Waals surface area contributed by atoms with E-state index in [9.17, 15) is 9.59 Å². The van der Waals surface area contributed by atoms with Crippen molar-refractivity contribution in [2.24, 2.45) is 5.10 Å². The maximum absolute atomic E-state index is 12.4. The molecule has 0 aromatic heterocycles. The van der Waals surface area contributed by atoms with E-state index in [1.54, 1.807) is 42.5 Å². The number of nitrogens with one attached hydrogen (secondary N) is 1. The number of esters is 1. The molecule has 0 bridgehead atoms. The van der Waals surface area contributed by atoms with Crippen molar-refractivity contribution in [2.45, 2.75) is 13.3 Å². The Hall–Kier alpha value is -4.45. The summed E-state index contributed by atoms with van der Waals surface area (Å²) in [6.45, 7) is 2.25. The number of hydrogen-bond donors (Lipinski definition) is 1. The number of fused-ring (bicyclic) bond motifs is 1. The second-order valence-corrected chi connectivity index (χ2v) is 7.50.